The highest BCUT2D eigenvalue weighted by atomic mass is 16.5. The molecule has 1 aliphatic carbocycles. The SMILES string of the molecule is CC(C)OCCNc1cc(=O)[nH]c(C2CC2)n1. The average molecular weight is 237 g/mol. The van der Waals surface area contributed by atoms with Crippen LogP contribution in [-0.4, -0.2) is 29.2 Å². The second kappa shape index (κ2) is 5.31. The van der Waals surface area contributed by atoms with E-state index in [1.54, 1.807) is 0 Å². The van der Waals surface area contributed by atoms with Crippen molar-refractivity contribution in [3.8, 4) is 0 Å². The Morgan fingerprint density at radius 3 is 3.00 bits per heavy atom. The third kappa shape index (κ3) is 3.85. The second-order valence-corrected chi connectivity index (χ2v) is 4.64. The number of nitrogens with zero attached hydrogens (tertiary/aromatic N) is 1. The highest BCUT2D eigenvalue weighted by molar-refractivity contribution is 5.33. The molecule has 5 nitrogen and oxygen atoms in total. The molecule has 94 valence electrons. The van der Waals surface area contributed by atoms with Crippen LogP contribution in [0.5, 0.6) is 0 Å². The molecule has 1 aliphatic rings. The zero-order valence-electron chi connectivity index (χ0n) is 10.3. The summed E-state index contributed by atoms with van der Waals surface area (Å²) < 4.78 is 5.41. The van der Waals surface area contributed by atoms with Crippen molar-refractivity contribution >= 4 is 5.82 Å². The average Bonchev–Trinajstić information content (AvgIpc) is 3.07. The fourth-order valence-electron chi connectivity index (χ4n) is 1.59. The lowest BCUT2D eigenvalue weighted by Crippen LogP contribution is -2.17. The Kier molecular flexibility index (Phi) is 3.78. The fourth-order valence-corrected chi connectivity index (χ4v) is 1.59. The number of hydrogen-bond donors (Lipinski definition) is 2. The summed E-state index contributed by atoms with van der Waals surface area (Å²) in [5.74, 6) is 1.91. The van der Waals surface area contributed by atoms with E-state index in [0.717, 1.165) is 18.7 Å². The van der Waals surface area contributed by atoms with E-state index in [1.165, 1.54) is 6.07 Å². The van der Waals surface area contributed by atoms with E-state index < -0.39 is 0 Å². The molecule has 0 atom stereocenters. The van der Waals surface area contributed by atoms with Gasteiger partial charge in [-0.2, -0.15) is 0 Å². The molecule has 1 aromatic heterocycles. The van der Waals surface area contributed by atoms with E-state index in [4.69, 9.17) is 4.74 Å². The van der Waals surface area contributed by atoms with Crippen molar-refractivity contribution in [1.29, 1.82) is 0 Å². The smallest absolute Gasteiger partial charge is 0.252 e. The standard InChI is InChI=1S/C12H19N3O2/c1-8(2)17-6-5-13-10-7-11(16)15-12(14-10)9-3-4-9/h7-9H,3-6H2,1-2H3,(H2,13,14,15,16). The number of rotatable bonds is 6. The summed E-state index contributed by atoms with van der Waals surface area (Å²) >= 11 is 0. The summed E-state index contributed by atoms with van der Waals surface area (Å²) in [6.07, 6.45) is 2.48. The maximum absolute atomic E-state index is 11.4. The Labute approximate surface area is 101 Å². The molecule has 0 amide bonds. The molecule has 5 heteroatoms. The number of aromatic amines is 1. The number of hydrogen-bond acceptors (Lipinski definition) is 4. The lowest BCUT2D eigenvalue weighted by molar-refractivity contribution is 0.0870. The first-order chi connectivity index (χ1) is 8.15. The minimum absolute atomic E-state index is 0.0887. The van der Waals surface area contributed by atoms with Crippen molar-refractivity contribution in [1.82, 2.24) is 9.97 Å². The highest BCUT2D eigenvalue weighted by Crippen LogP contribution is 2.37. The van der Waals surface area contributed by atoms with Crippen LogP contribution in [0.15, 0.2) is 10.9 Å². The summed E-state index contributed by atoms with van der Waals surface area (Å²) in [5.41, 5.74) is -0.0887. The van der Waals surface area contributed by atoms with E-state index >= 15 is 0 Å². The monoisotopic (exact) mass is 237 g/mol. The van der Waals surface area contributed by atoms with E-state index in [9.17, 15) is 4.79 Å². The third-order valence-corrected chi connectivity index (χ3v) is 2.58. The number of ether oxygens (including phenoxy) is 1. The van der Waals surface area contributed by atoms with Crippen LogP contribution in [0.1, 0.15) is 38.4 Å². The van der Waals surface area contributed by atoms with Crippen LogP contribution in [0.25, 0.3) is 0 Å². The molecule has 0 unspecified atom stereocenters. The predicted octanol–water partition coefficient (Wildman–Crippen LogP) is 1.48. The van der Waals surface area contributed by atoms with Gasteiger partial charge in [0.1, 0.15) is 11.6 Å². The summed E-state index contributed by atoms with van der Waals surface area (Å²) in [5, 5.41) is 3.11. The van der Waals surface area contributed by atoms with E-state index in [1.807, 2.05) is 13.8 Å². The van der Waals surface area contributed by atoms with Gasteiger partial charge in [0.15, 0.2) is 0 Å². The number of aromatic nitrogens is 2. The quantitative estimate of drug-likeness (QED) is 0.735. The Morgan fingerprint density at radius 2 is 2.35 bits per heavy atom. The van der Waals surface area contributed by atoms with E-state index in [0.29, 0.717) is 24.9 Å². The van der Waals surface area contributed by atoms with Gasteiger partial charge in [-0.1, -0.05) is 0 Å². The van der Waals surface area contributed by atoms with Gasteiger partial charge < -0.3 is 15.0 Å². The molecule has 0 aliphatic heterocycles. The zero-order chi connectivity index (χ0) is 12.3. The maximum Gasteiger partial charge on any atom is 0.252 e. The third-order valence-electron chi connectivity index (χ3n) is 2.58. The minimum Gasteiger partial charge on any atom is -0.377 e. The molecule has 0 radical (unpaired) electrons. The second-order valence-electron chi connectivity index (χ2n) is 4.64. The van der Waals surface area contributed by atoms with E-state index in [-0.39, 0.29) is 11.7 Å². The first kappa shape index (κ1) is 12.1. The van der Waals surface area contributed by atoms with Gasteiger partial charge in [0.2, 0.25) is 0 Å². The Morgan fingerprint density at radius 1 is 1.59 bits per heavy atom. The van der Waals surface area contributed by atoms with Crippen molar-refractivity contribution in [3.05, 3.63) is 22.2 Å². The lowest BCUT2D eigenvalue weighted by Gasteiger charge is -2.09. The molecule has 2 rings (SSSR count). The van der Waals surface area contributed by atoms with Crippen LogP contribution in [0, 0.1) is 0 Å². The molecule has 2 N–H and O–H groups in total. The molecule has 0 aromatic carbocycles. The van der Waals surface area contributed by atoms with Gasteiger partial charge in [-0.15, -0.1) is 0 Å². The Balaban J connectivity index is 1.89. The van der Waals surface area contributed by atoms with Gasteiger partial charge in [-0.25, -0.2) is 4.98 Å². The van der Waals surface area contributed by atoms with Crippen molar-refractivity contribution < 1.29 is 4.74 Å². The fraction of sp³-hybridized carbons (Fsp3) is 0.667. The van der Waals surface area contributed by atoms with Crippen LogP contribution >= 0.6 is 0 Å². The van der Waals surface area contributed by atoms with Gasteiger partial charge in [0.25, 0.3) is 5.56 Å². The molecule has 0 saturated heterocycles. The Bertz CT molecular complexity index is 424. The number of nitrogens with one attached hydrogen (secondary N) is 2. The van der Waals surface area contributed by atoms with Crippen LogP contribution in [0.3, 0.4) is 0 Å². The largest absolute Gasteiger partial charge is 0.377 e. The minimum atomic E-state index is -0.0887. The molecule has 1 heterocycles. The van der Waals surface area contributed by atoms with Crippen LogP contribution < -0.4 is 10.9 Å². The topological polar surface area (TPSA) is 67.0 Å². The number of H-pyrrole nitrogens is 1. The van der Waals surface area contributed by atoms with Crippen molar-refractivity contribution in [2.75, 3.05) is 18.5 Å². The molecule has 0 spiro atoms. The normalized spacial score (nSPS) is 15.2. The molecule has 1 saturated carbocycles. The number of anilines is 1. The molecule has 0 bridgehead atoms. The van der Waals surface area contributed by atoms with Gasteiger partial charge in [-0.05, 0) is 26.7 Å². The summed E-state index contributed by atoms with van der Waals surface area (Å²) in [4.78, 5) is 18.6. The summed E-state index contributed by atoms with van der Waals surface area (Å²) in [6.45, 7) is 5.27. The maximum atomic E-state index is 11.4. The summed E-state index contributed by atoms with van der Waals surface area (Å²) in [7, 11) is 0. The molecular weight excluding hydrogens is 218 g/mol. The van der Waals surface area contributed by atoms with Gasteiger partial charge in [-0.3, -0.25) is 4.79 Å². The van der Waals surface area contributed by atoms with Crippen molar-refractivity contribution in [2.45, 2.75) is 38.7 Å². The molecule has 17 heavy (non-hydrogen) atoms. The first-order valence-corrected chi connectivity index (χ1v) is 6.12. The lowest BCUT2D eigenvalue weighted by atomic mass is 10.4. The van der Waals surface area contributed by atoms with Crippen molar-refractivity contribution in [3.63, 3.8) is 0 Å². The van der Waals surface area contributed by atoms with Crippen molar-refractivity contribution in [2.24, 2.45) is 0 Å². The van der Waals surface area contributed by atoms with E-state index in [2.05, 4.69) is 15.3 Å². The molecule has 1 fully saturated rings. The molecule has 1 aromatic rings. The zero-order valence-corrected chi connectivity index (χ0v) is 10.3. The molecular formula is C12H19N3O2. The predicted molar refractivity (Wildman–Crippen MR) is 66.4 cm³/mol. The van der Waals surface area contributed by atoms with Gasteiger partial charge in [0, 0.05) is 18.5 Å². The van der Waals surface area contributed by atoms with Gasteiger partial charge >= 0.3 is 0 Å². The van der Waals surface area contributed by atoms with Crippen LogP contribution in [0.4, 0.5) is 5.82 Å². The van der Waals surface area contributed by atoms with Crippen LogP contribution in [0.2, 0.25) is 0 Å². The summed E-state index contributed by atoms with van der Waals surface area (Å²) in [6, 6.07) is 1.49. The van der Waals surface area contributed by atoms with Crippen LogP contribution in [-0.2, 0) is 4.74 Å². The highest BCUT2D eigenvalue weighted by Gasteiger charge is 2.26. The van der Waals surface area contributed by atoms with Gasteiger partial charge in [0.05, 0.1) is 12.7 Å². The first-order valence-electron chi connectivity index (χ1n) is 6.12. The Hall–Kier alpha value is -1.36.